The molecule has 0 radical (unpaired) electrons. The molecule has 2 amide bonds. The lowest BCUT2D eigenvalue weighted by Gasteiger charge is -2.42. The number of rotatable bonds is 4. The first kappa shape index (κ1) is 22.9. The minimum atomic E-state index is -4.61. The van der Waals surface area contributed by atoms with Crippen molar-refractivity contribution in [3.8, 4) is 6.07 Å². The van der Waals surface area contributed by atoms with Gasteiger partial charge in [-0.25, -0.2) is 4.79 Å². The number of piperidine rings is 1. The molecule has 2 aliphatic heterocycles. The number of amides is 2. The summed E-state index contributed by atoms with van der Waals surface area (Å²) in [7, 11) is 1.62. The van der Waals surface area contributed by atoms with Crippen LogP contribution >= 0.6 is 0 Å². The van der Waals surface area contributed by atoms with E-state index in [1.807, 2.05) is 35.2 Å². The summed E-state index contributed by atoms with van der Waals surface area (Å²) in [5.74, 6) is 0.0395. The number of benzene rings is 2. The molecule has 9 heteroatoms. The van der Waals surface area contributed by atoms with Crippen LogP contribution in [0, 0.1) is 22.7 Å². The van der Waals surface area contributed by atoms with Crippen LogP contribution in [-0.2, 0) is 10.9 Å². The van der Waals surface area contributed by atoms with Crippen molar-refractivity contribution < 1.29 is 22.7 Å². The summed E-state index contributed by atoms with van der Waals surface area (Å²) in [5.41, 5.74) is -0.446. The predicted molar refractivity (Wildman–Crippen MR) is 118 cm³/mol. The van der Waals surface area contributed by atoms with Gasteiger partial charge >= 0.3 is 12.2 Å². The maximum atomic E-state index is 13.5. The second-order valence-corrected chi connectivity index (χ2v) is 8.70. The minimum Gasteiger partial charge on any atom is -0.384 e. The van der Waals surface area contributed by atoms with Crippen LogP contribution < -0.4 is 10.2 Å². The van der Waals surface area contributed by atoms with Gasteiger partial charge in [-0.15, -0.1) is 0 Å². The first-order chi connectivity index (χ1) is 15.8. The summed E-state index contributed by atoms with van der Waals surface area (Å²) in [6.07, 6.45) is -3.92. The highest BCUT2D eigenvalue weighted by molar-refractivity contribution is 5.89. The summed E-state index contributed by atoms with van der Waals surface area (Å²) in [6.45, 7) is 2.52. The zero-order chi connectivity index (χ0) is 23.6. The molecule has 2 aromatic rings. The third-order valence-electron chi connectivity index (χ3n) is 6.67. The van der Waals surface area contributed by atoms with Gasteiger partial charge in [0.2, 0.25) is 0 Å². The molecule has 4 rings (SSSR count). The Morgan fingerprint density at radius 3 is 2.67 bits per heavy atom. The van der Waals surface area contributed by atoms with Crippen LogP contribution in [0.2, 0.25) is 0 Å². The molecule has 0 unspecified atom stereocenters. The number of para-hydroxylation sites is 1. The Bertz CT molecular complexity index is 1050. The van der Waals surface area contributed by atoms with Crippen LogP contribution in [0.25, 0.3) is 0 Å². The van der Waals surface area contributed by atoms with E-state index in [2.05, 4.69) is 5.32 Å². The Kier molecular flexibility index (Phi) is 6.21. The van der Waals surface area contributed by atoms with Gasteiger partial charge in [0.25, 0.3) is 0 Å². The molecular weight excluding hydrogens is 433 g/mol. The molecule has 0 spiro atoms. The van der Waals surface area contributed by atoms with Gasteiger partial charge in [0.15, 0.2) is 0 Å². The van der Waals surface area contributed by atoms with Crippen LogP contribution in [0.5, 0.6) is 0 Å². The van der Waals surface area contributed by atoms with E-state index >= 15 is 0 Å². The largest absolute Gasteiger partial charge is 0.417 e. The van der Waals surface area contributed by atoms with Crippen molar-refractivity contribution in [3.63, 3.8) is 0 Å². The molecule has 0 aliphatic carbocycles. The Hall–Kier alpha value is -3.25. The predicted octanol–water partition coefficient (Wildman–Crippen LogP) is 4.58. The van der Waals surface area contributed by atoms with Gasteiger partial charge in [-0.05, 0) is 36.8 Å². The molecule has 174 valence electrons. The molecule has 1 N–H and O–H groups in total. The number of hydrogen-bond donors (Lipinski definition) is 1. The molecule has 33 heavy (non-hydrogen) atoms. The van der Waals surface area contributed by atoms with E-state index < -0.39 is 17.3 Å². The number of ether oxygens (including phenoxy) is 1. The van der Waals surface area contributed by atoms with E-state index in [4.69, 9.17) is 10.00 Å². The third-order valence-corrected chi connectivity index (χ3v) is 6.67. The molecule has 0 saturated carbocycles. The highest BCUT2D eigenvalue weighted by Crippen LogP contribution is 2.45. The van der Waals surface area contributed by atoms with Crippen molar-refractivity contribution in [2.24, 2.45) is 11.3 Å². The molecule has 2 saturated heterocycles. The zero-order valence-corrected chi connectivity index (χ0v) is 18.2. The number of fused-ring (bicyclic) bond motifs is 1. The molecule has 2 heterocycles. The lowest BCUT2D eigenvalue weighted by Crippen LogP contribution is -2.51. The number of carbonyl (C=O) groups excluding carboxylic acids is 1. The van der Waals surface area contributed by atoms with Crippen LogP contribution in [0.15, 0.2) is 48.5 Å². The normalized spacial score (nSPS) is 22.6. The van der Waals surface area contributed by atoms with Crippen molar-refractivity contribution in [2.75, 3.05) is 50.1 Å². The van der Waals surface area contributed by atoms with E-state index in [1.54, 1.807) is 24.1 Å². The van der Waals surface area contributed by atoms with Crippen molar-refractivity contribution in [1.29, 1.82) is 5.26 Å². The number of methoxy groups -OCH3 is 1. The highest BCUT2D eigenvalue weighted by atomic mass is 19.4. The van der Waals surface area contributed by atoms with E-state index in [0.717, 1.165) is 6.07 Å². The number of nitriles is 1. The second kappa shape index (κ2) is 8.94. The lowest BCUT2D eigenvalue weighted by atomic mass is 9.73. The minimum absolute atomic E-state index is 0.0395. The monoisotopic (exact) mass is 458 g/mol. The molecule has 2 atom stereocenters. The first-order valence-corrected chi connectivity index (χ1v) is 10.7. The molecule has 6 nitrogen and oxygen atoms in total. The molecule has 2 aromatic carbocycles. The van der Waals surface area contributed by atoms with Crippen LogP contribution in [0.4, 0.5) is 29.3 Å². The van der Waals surface area contributed by atoms with E-state index in [-0.39, 0.29) is 17.4 Å². The van der Waals surface area contributed by atoms with E-state index in [0.29, 0.717) is 50.6 Å². The number of nitrogens with one attached hydrogen (secondary N) is 1. The number of anilines is 2. The number of nitrogens with zero attached hydrogens (tertiary/aromatic N) is 3. The standard InChI is InChI=1S/C24H25F3N4O2/c1-33-16-23-9-10-30(22(32)29-19-5-3-2-4-6-19)13-18(23)14-31(15-23)20-8-7-17(12-28)21(11-20)24(25,26)27/h2-8,11,18H,9-10,13-16H2,1H3,(H,29,32)/t18-,23+/m1/s1. The lowest BCUT2D eigenvalue weighted by molar-refractivity contribution is -0.137. The Morgan fingerprint density at radius 1 is 1.24 bits per heavy atom. The van der Waals surface area contributed by atoms with Crippen molar-refractivity contribution in [3.05, 3.63) is 59.7 Å². The number of halogens is 3. The first-order valence-electron chi connectivity index (χ1n) is 10.7. The van der Waals surface area contributed by atoms with Crippen molar-refractivity contribution in [2.45, 2.75) is 12.6 Å². The highest BCUT2D eigenvalue weighted by Gasteiger charge is 2.50. The maximum Gasteiger partial charge on any atom is 0.417 e. The van der Waals surface area contributed by atoms with Crippen LogP contribution in [0.3, 0.4) is 0 Å². The third kappa shape index (κ3) is 4.62. The van der Waals surface area contributed by atoms with Gasteiger partial charge in [0.05, 0.1) is 23.8 Å². The Balaban J connectivity index is 1.54. The zero-order valence-electron chi connectivity index (χ0n) is 18.2. The number of alkyl halides is 3. The number of hydrogen-bond acceptors (Lipinski definition) is 4. The number of urea groups is 1. The fourth-order valence-corrected chi connectivity index (χ4v) is 4.97. The average Bonchev–Trinajstić information content (AvgIpc) is 3.17. The van der Waals surface area contributed by atoms with Crippen molar-refractivity contribution in [1.82, 2.24) is 4.90 Å². The van der Waals surface area contributed by atoms with Crippen molar-refractivity contribution >= 4 is 17.4 Å². The maximum absolute atomic E-state index is 13.5. The van der Waals surface area contributed by atoms with Gasteiger partial charge in [0, 0.05) is 56.0 Å². The van der Waals surface area contributed by atoms with Gasteiger partial charge in [-0.3, -0.25) is 0 Å². The summed E-state index contributed by atoms with van der Waals surface area (Å²) < 4.78 is 45.9. The van der Waals surface area contributed by atoms with Gasteiger partial charge in [0.1, 0.15) is 0 Å². The van der Waals surface area contributed by atoms with Gasteiger partial charge < -0.3 is 19.9 Å². The summed E-state index contributed by atoms with van der Waals surface area (Å²) in [4.78, 5) is 16.5. The Morgan fingerprint density at radius 2 is 2.00 bits per heavy atom. The molecule has 0 bridgehead atoms. The van der Waals surface area contributed by atoms with Crippen LogP contribution in [0.1, 0.15) is 17.5 Å². The van der Waals surface area contributed by atoms with Gasteiger partial charge in [-0.2, -0.15) is 18.4 Å². The van der Waals surface area contributed by atoms with E-state index in [1.165, 1.54) is 6.07 Å². The van der Waals surface area contributed by atoms with E-state index in [9.17, 15) is 18.0 Å². The number of carbonyl (C=O) groups is 1. The Labute approximate surface area is 190 Å². The summed E-state index contributed by atoms with van der Waals surface area (Å²) in [5, 5.41) is 12.0. The van der Waals surface area contributed by atoms with Crippen LogP contribution in [-0.4, -0.2) is 50.8 Å². The van der Waals surface area contributed by atoms with Gasteiger partial charge in [-0.1, -0.05) is 18.2 Å². The smallest absolute Gasteiger partial charge is 0.384 e. The summed E-state index contributed by atoms with van der Waals surface area (Å²) in [6, 6.07) is 14.5. The molecule has 2 fully saturated rings. The quantitative estimate of drug-likeness (QED) is 0.728. The molecule has 2 aliphatic rings. The fraction of sp³-hybridized carbons (Fsp3) is 0.417. The summed E-state index contributed by atoms with van der Waals surface area (Å²) >= 11 is 0. The molecule has 0 aromatic heterocycles. The second-order valence-electron chi connectivity index (χ2n) is 8.70. The average molecular weight is 458 g/mol. The topological polar surface area (TPSA) is 68.6 Å². The fourth-order valence-electron chi connectivity index (χ4n) is 4.97. The number of likely N-dealkylation sites (tertiary alicyclic amines) is 1. The SMILES string of the molecule is COC[C@@]12CCN(C(=O)Nc3ccccc3)C[C@@H]1CN(c1ccc(C#N)c(C(F)(F)F)c1)C2. The molecular formula is C24H25F3N4O2.